The van der Waals surface area contributed by atoms with Gasteiger partial charge < -0.3 is 15.2 Å². The van der Waals surface area contributed by atoms with Crippen LogP contribution in [-0.2, 0) is 16.1 Å². The number of hydrogen-bond donors (Lipinski definition) is 1. The van der Waals surface area contributed by atoms with Crippen molar-refractivity contribution in [3.05, 3.63) is 88.3 Å². The van der Waals surface area contributed by atoms with Gasteiger partial charge in [-0.25, -0.2) is 4.39 Å². The number of nitrogens with zero attached hydrogens (tertiary/aromatic N) is 1. The van der Waals surface area contributed by atoms with E-state index < -0.39 is 5.92 Å². The van der Waals surface area contributed by atoms with Gasteiger partial charge in [0.05, 0.1) is 5.92 Å². The van der Waals surface area contributed by atoms with Crippen molar-refractivity contribution in [2.45, 2.75) is 39.2 Å². The molecule has 0 unspecified atom stereocenters. The highest BCUT2D eigenvalue weighted by Crippen LogP contribution is 2.49. The number of nitrogens with two attached hydrogens (primary N) is 1. The first-order valence-electron chi connectivity index (χ1n) is 10.1. The summed E-state index contributed by atoms with van der Waals surface area (Å²) in [4.78, 5) is 13.1. The minimum absolute atomic E-state index is 0.0186. The summed E-state index contributed by atoms with van der Waals surface area (Å²) in [6.07, 6.45) is 0.922. The van der Waals surface area contributed by atoms with E-state index in [9.17, 15) is 14.4 Å². The van der Waals surface area contributed by atoms with E-state index in [1.165, 1.54) is 12.1 Å². The van der Waals surface area contributed by atoms with Gasteiger partial charge in [0, 0.05) is 24.0 Å². The van der Waals surface area contributed by atoms with E-state index in [1.807, 2.05) is 32.0 Å². The number of carbonyl (C=O) groups is 1. The predicted molar refractivity (Wildman–Crippen MR) is 113 cm³/mol. The van der Waals surface area contributed by atoms with E-state index in [4.69, 9.17) is 15.2 Å². The highest BCUT2D eigenvalue weighted by molar-refractivity contribution is 6.00. The van der Waals surface area contributed by atoms with Crippen LogP contribution in [0, 0.1) is 22.6 Å². The van der Waals surface area contributed by atoms with Crippen LogP contribution in [0.3, 0.4) is 0 Å². The smallest absolute Gasteiger partial charge is 0.205 e. The Hall–Kier alpha value is -3.59. The lowest BCUT2D eigenvalue weighted by atomic mass is 9.70. The molecule has 158 valence electrons. The van der Waals surface area contributed by atoms with Gasteiger partial charge in [0.1, 0.15) is 35.6 Å². The van der Waals surface area contributed by atoms with E-state index >= 15 is 0 Å². The molecular weight excluding hydrogens is 395 g/mol. The highest BCUT2D eigenvalue weighted by atomic mass is 19.1. The Kier molecular flexibility index (Phi) is 5.28. The van der Waals surface area contributed by atoms with Gasteiger partial charge in [-0.05, 0) is 29.2 Å². The van der Waals surface area contributed by atoms with Crippen LogP contribution >= 0.6 is 0 Å². The summed E-state index contributed by atoms with van der Waals surface area (Å²) in [7, 11) is 0. The Balaban J connectivity index is 1.75. The molecule has 0 saturated heterocycles. The molecule has 6 heteroatoms. The first-order chi connectivity index (χ1) is 14.8. The van der Waals surface area contributed by atoms with E-state index in [1.54, 1.807) is 18.2 Å². The zero-order chi connectivity index (χ0) is 22.2. The number of rotatable bonds is 4. The SMILES string of the molecule is CC1(C)CC(=O)C2=C(C1)OC(N)=C(C#N)[C@H]2c1ccccc1OCc1ccc(F)cc1. The molecule has 1 aliphatic heterocycles. The third-order valence-electron chi connectivity index (χ3n) is 5.61. The second-order valence-corrected chi connectivity index (χ2v) is 8.66. The maximum absolute atomic E-state index is 13.2. The zero-order valence-electron chi connectivity index (χ0n) is 17.4. The molecule has 0 bridgehead atoms. The Bertz CT molecular complexity index is 1140. The Morgan fingerprint density at radius 1 is 1.19 bits per heavy atom. The molecule has 2 N–H and O–H groups in total. The summed E-state index contributed by atoms with van der Waals surface area (Å²) >= 11 is 0. The number of ether oxygens (including phenoxy) is 2. The molecule has 1 atom stereocenters. The van der Waals surface area contributed by atoms with Crippen LogP contribution in [0.5, 0.6) is 5.75 Å². The quantitative estimate of drug-likeness (QED) is 0.767. The molecule has 2 aliphatic rings. The fraction of sp³-hybridized carbons (Fsp3) is 0.280. The van der Waals surface area contributed by atoms with Crippen LogP contribution in [0.4, 0.5) is 4.39 Å². The van der Waals surface area contributed by atoms with Crippen molar-refractivity contribution in [1.82, 2.24) is 0 Å². The maximum atomic E-state index is 13.2. The number of nitriles is 1. The largest absolute Gasteiger partial charge is 0.489 e. The van der Waals surface area contributed by atoms with Crippen LogP contribution in [0.1, 0.15) is 43.7 Å². The number of benzene rings is 2. The normalized spacial score (nSPS) is 20.1. The van der Waals surface area contributed by atoms with Gasteiger partial charge in [-0.2, -0.15) is 5.26 Å². The third kappa shape index (κ3) is 4.04. The average Bonchev–Trinajstić information content (AvgIpc) is 2.71. The molecule has 2 aromatic rings. The highest BCUT2D eigenvalue weighted by Gasteiger charge is 2.43. The van der Waals surface area contributed by atoms with Gasteiger partial charge in [-0.15, -0.1) is 0 Å². The van der Waals surface area contributed by atoms with Gasteiger partial charge in [0.15, 0.2) is 5.78 Å². The van der Waals surface area contributed by atoms with Crippen molar-refractivity contribution in [3.63, 3.8) is 0 Å². The summed E-state index contributed by atoms with van der Waals surface area (Å²) in [5.41, 5.74) is 8.00. The molecule has 31 heavy (non-hydrogen) atoms. The van der Waals surface area contributed by atoms with E-state index in [0.29, 0.717) is 35.5 Å². The van der Waals surface area contributed by atoms with Gasteiger partial charge in [0.2, 0.25) is 5.88 Å². The maximum Gasteiger partial charge on any atom is 0.205 e. The molecule has 1 heterocycles. The molecule has 0 fully saturated rings. The summed E-state index contributed by atoms with van der Waals surface area (Å²) < 4.78 is 25.0. The van der Waals surface area contributed by atoms with Crippen LogP contribution in [0.15, 0.2) is 71.3 Å². The molecule has 0 amide bonds. The Morgan fingerprint density at radius 3 is 2.61 bits per heavy atom. The van der Waals surface area contributed by atoms with E-state index in [2.05, 4.69) is 6.07 Å². The van der Waals surface area contributed by atoms with Crippen LogP contribution in [0.25, 0.3) is 0 Å². The number of para-hydroxylation sites is 1. The second-order valence-electron chi connectivity index (χ2n) is 8.66. The lowest BCUT2D eigenvalue weighted by Crippen LogP contribution is -2.33. The van der Waals surface area contributed by atoms with Crippen LogP contribution in [0.2, 0.25) is 0 Å². The number of ketones is 1. The van der Waals surface area contributed by atoms with Crippen molar-refractivity contribution in [3.8, 4) is 11.8 Å². The molecule has 4 rings (SSSR count). The first kappa shape index (κ1) is 20.7. The lowest BCUT2D eigenvalue weighted by molar-refractivity contribution is -0.119. The minimum atomic E-state index is -0.651. The molecule has 0 spiro atoms. The standard InChI is InChI=1S/C25H23FN2O3/c1-25(2)11-19(29)23-21(12-25)31-24(28)18(13-27)22(23)17-5-3-4-6-20(17)30-14-15-7-9-16(26)10-8-15/h3-10,22H,11-12,14,28H2,1-2H3/t22-/m1/s1. The van der Waals surface area contributed by atoms with Gasteiger partial charge >= 0.3 is 0 Å². The van der Waals surface area contributed by atoms with Crippen molar-refractivity contribution >= 4 is 5.78 Å². The summed E-state index contributed by atoms with van der Waals surface area (Å²) in [6.45, 7) is 4.23. The number of Topliss-reactive ketones (excluding diaryl/α,β-unsaturated/α-hetero) is 1. The van der Waals surface area contributed by atoms with E-state index in [0.717, 1.165) is 5.56 Å². The van der Waals surface area contributed by atoms with Crippen LogP contribution in [-0.4, -0.2) is 5.78 Å². The fourth-order valence-corrected chi connectivity index (χ4v) is 4.19. The molecule has 1 aliphatic carbocycles. The van der Waals surface area contributed by atoms with Crippen molar-refractivity contribution in [2.75, 3.05) is 0 Å². The van der Waals surface area contributed by atoms with Gasteiger partial charge in [-0.1, -0.05) is 44.2 Å². The topological polar surface area (TPSA) is 85.3 Å². The lowest BCUT2D eigenvalue weighted by Gasteiger charge is -2.37. The second kappa shape index (κ2) is 7.92. The van der Waals surface area contributed by atoms with Crippen LogP contribution < -0.4 is 10.5 Å². The van der Waals surface area contributed by atoms with Crippen molar-refractivity contribution in [2.24, 2.45) is 11.1 Å². The fourth-order valence-electron chi connectivity index (χ4n) is 4.19. The zero-order valence-corrected chi connectivity index (χ0v) is 17.4. The summed E-state index contributed by atoms with van der Waals surface area (Å²) in [6, 6.07) is 15.5. The first-order valence-corrected chi connectivity index (χ1v) is 10.1. The van der Waals surface area contributed by atoms with Crippen molar-refractivity contribution in [1.29, 1.82) is 5.26 Å². The Labute approximate surface area is 180 Å². The third-order valence-corrected chi connectivity index (χ3v) is 5.61. The predicted octanol–water partition coefficient (Wildman–Crippen LogP) is 4.86. The van der Waals surface area contributed by atoms with E-state index in [-0.39, 0.29) is 35.1 Å². The number of allylic oxidation sites excluding steroid dienone is 3. The number of halogens is 1. The summed E-state index contributed by atoms with van der Waals surface area (Å²) in [5, 5.41) is 9.82. The molecular formula is C25H23FN2O3. The molecule has 0 saturated carbocycles. The van der Waals surface area contributed by atoms with Crippen molar-refractivity contribution < 1.29 is 18.7 Å². The molecule has 0 aromatic heterocycles. The Morgan fingerprint density at radius 2 is 1.90 bits per heavy atom. The number of hydrogen-bond acceptors (Lipinski definition) is 5. The minimum Gasteiger partial charge on any atom is -0.489 e. The van der Waals surface area contributed by atoms with Gasteiger partial charge in [0.25, 0.3) is 0 Å². The molecule has 2 aromatic carbocycles. The molecule has 5 nitrogen and oxygen atoms in total. The summed E-state index contributed by atoms with van der Waals surface area (Å²) in [5.74, 6) is 0.0559. The van der Waals surface area contributed by atoms with Gasteiger partial charge in [-0.3, -0.25) is 4.79 Å². The monoisotopic (exact) mass is 418 g/mol. The number of carbonyl (C=O) groups excluding carboxylic acids is 1. The average molecular weight is 418 g/mol. The molecule has 0 radical (unpaired) electrons.